The number of carboxylic acids is 1. The van der Waals surface area contributed by atoms with Crippen molar-refractivity contribution in [3.05, 3.63) is 23.3 Å². The fourth-order valence-electron chi connectivity index (χ4n) is 3.57. The predicted molar refractivity (Wildman–Crippen MR) is 77.0 cm³/mol. The molecule has 1 aromatic carbocycles. The summed E-state index contributed by atoms with van der Waals surface area (Å²) in [5.41, 5.74) is 1.20. The Morgan fingerprint density at radius 3 is 2.67 bits per heavy atom. The van der Waals surface area contributed by atoms with Crippen molar-refractivity contribution in [3.8, 4) is 11.5 Å². The Kier molecular flexibility index (Phi) is 3.30. The monoisotopic (exact) mass is 292 g/mol. The Balaban J connectivity index is 2.12. The van der Waals surface area contributed by atoms with Gasteiger partial charge in [-0.15, -0.1) is 0 Å². The fourth-order valence-corrected chi connectivity index (χ4v) is 3.57. The minimum absolute atomic E-state index is 0.0939. The van der Waals surface area contributed by atoms with Crippen LogP contribution in [0.2, 0.25) is 0 Å². The van der Waals surface area contributed by atoms with Crippen molar-refractivity contribution in [1.82, 2.24) is 10.2 Å². The first-order valence-electron chi connectivity index (χ1n) is 6.93. The van der Waals surface area contributed by atoms with Crippen LogP contribution in [-0.2, 0) is 11.3 Å². The van der Waals surface area contributed by atoms with Crippen LogP contribution in [-0.4, -0.2) is 55.9 Å². The number of likely N-dealkylation sites (tertiary alicyclic amines) is 1. The van der Waals surface area contributed by atoms with Gasteiger partial charge in [0.15, 0.2) is 11.5 Å². The molecule has 0 bridgehead atoms. The maximum atomic E-state index is 11.8. The van der Waals surface area contributed by atoms with Crippen molar-refractivity contribution >= 4 is 5.97 Å². The van der Waals surface area contributed by atoms with Gasteiger partial charge in [-0.25, -0.2) is 0 Å². The third-order valence-corrected chi connectivity index (χ3v) is 4.61. The summed E-state index contributed by atoms with van der Waals surface area (Å²) in [6.45, 7) is 1.73. The molecule has 1 saturated heterocycles. The zero-order chi connectivity index (χ0) is 15.2. The number of ether oxygens (including phenoxy) is 2. The van der Waals surface area contributed by atoms with E-state index < -0.39 is 11.5 Å². The number of nitrogens with zero attached hydrogens (tertiary/aromatic N) is 1. The lowest BCUT2D eigenvalue weighted by atomic mass is 9.76. The van der Waals surface area contributed by atoms with Gasteiger partial charge in [0.25, 0.3) is 0 Å². The molecule has 2 aliphatic rings. The van der Waals surface area contributed by atoms with Crippen LogP contribution in [0.1, 0.15) is 17.0 Å². The van der Waals surface area contributed by atoms with Crippen molar-refractivity contribution in [2.24, 2.45) is 0 Å². The highest BCUT2D eigenvalue weighted by atomic mass is 16.5. The number of carbonyl (C=O) groups is 1. The van der Waals surface area contributed by atoms with Crippen LogP contribution in [0.25, 0.3) is 0 Å². The lowest BCUT2D eigenvalue weighted by Gasteiger charge is -2.37. The number of hydrogen-bond donors (Lipinski definition) is 2. The van der Waals surface area contributed by atoms with E-state index in [9.17, 15) is 9.90 Å². The van der Waals surface area contributed by atoms with Crippen LogP contribution >= 0.6 is 0 Å². The van der Waals surface area contributed by atoms with Gasteiger partial charge in [0, 0.05) is 25.6 Å². The first-order valence-corrected chi connectivity index (χ1v) is 6.93. The van der Waals surface area contributed by atoms with Crippen LogP contribution in [0, 0.1) is 0 Å². The van der Waals surface area contributed by atoms with Crippen molar-refractivity contribution < 1.29 is 19.4 Å². The van der Waals surface area contributed by atoms with Crippen molar-refractivity contribution in [3.63, 3.8) is 0 Å². The van der Waals surface area contributed by atoms with Gasteiger partial charge in [0.1, 0.15) is 5.54 Å². The Labute approximate surface area is 123 Å². The van der Waals surface area contributed by atoms with Crippen molar-refractivity contribution in [2.75, 3.05) is 34.4 Å². The molecular weight excluding hydrogens is 272 g/mol. The minimum atomic E-state index is -0.915. The van der Waals surface area contributed by atoms with Gasteiger partial charge in [-0.2, -0.15) is 0 Å². The maximum absolute atomic E-state index is 11.8. The van der Waals surface area contributed by atoms with Crippen molar-refractivity contribution in [2.45, 2.75) is 18.0 Å². The Morgan fingerprint density at radius 2 is 2.05 bits per heavy atom. The second kappa shape index (κ2) is 4.89. The van der Waals surface area contributed by atoms with Crippen LogP contribution in [0.3, 0.4) is 0 Å². The van der Waals surface area contributed by atoms with Gasteiger partial charge in [-0.1, -0.05) is 0 Å². The zero-order valence-electron chi connectivity index (χ0n) is 12.5. The number of aliphatic carboxylic acids is 1. The summed E-state index contributed by atoms with van der Waals surface area (Å²) < 4.78 is 10.7. The minimum Gasteiger partial charge on any atom is -0.493 e. The van der Waals surface area contributed by atoms with Crippen LogP contribution in [0.4, 0.5) is 0 Å². The highest BCUT2D eigenvalue weighted by Crippen LogP contribution is 2.44. The molecule has 2 aliphatic heterocycles. The van der Waals surface area contributed by atoms with Gasteiger partial charge in [-0.3, -0.25) is 10.1 Å². The van der Waals surface area contributed by atoms with E-state index in [0.717, 1.165) is 11.1 Å². The largest absolute Gasteiger partial charge is 0.493 e. The van der Waals surface area contributed by atoms with E-state index >= 15 is 0 Å². The average Bonchev–Trinajstić information content (AvgIpc) is 2.83. The lowest BCUT2D eigenvalue weighted by Crippen LogP contribution is -2.59. The average molecular weight is 292 g/mol. The van der Waals surface area contributed by atoms with E-state index in [1.807, 2.05) is 19.2 Å². The molecule has 0 spiro atoms. The number of hydrogen-bond acceptors (Lipinski definition) is 5. The third-order valence-electron chi connectivity index (χ3n) is 4.61. The molecule has 0 saturated carbocycles. The Morgan fingerprint density at radius 1 is 1.38 bits per heavy atom. The number of rotatable bonds is 3. The first kappa shape index (κ1) is 14.2. The summed E-state index contributed by atoms with van der Waals surface area (Å²) in [7, 11) is 5.15. The number of benzene rings is 1. The molecule has 0 aliphatic carbocycles. The van der Waals surface area contributed by atoms with E-state index in [1.54, 1.807) is 14.2 Å². The first-order chi connectivity index (χ1) is 10.0. The molecule has 1 aromatic rings. The molecule has 6 heteroatoms. The highest BCUT2D eigenvalue weighted by Gasteiger charge is 2.54. The van der Waals surface area contributed by atoms with E-state index in [-0.39, 0.29) is 5.92 Å². The van der Waals surface area contributed by atoms with Gasteiger partial charge < -0.3 is 19.5 Å². The molecule has 1 fully saturated rings. The number of methoxy groups -OCH3 is 2. The number of nitrogens with one attached hydrogen (secondary N) is 1. The Bertz CT molecular complexity index is 589. The van der Waals surface area contributed by atoms with Gasteiger partial charge in [0.2, 0.25) is 0 Å². The van der Waals surface area contributed by atoms with E-state index in [2.05, 4.69) is 10.2 Å². The molecule has 21 heavy (non-hydrogen) atoms. The second-order valence-electron chi connectivity index (χ2n) is 5.79. The summed E-state index contributed by atoms with van der Waals surface area (Å²) in [4.78, 5) is 13.9. The number of carboxylic acid groups (broad SMARTS) is 1. The summed E-state index contributed by atoms with van der Waals surface area (Å²) >= 11 is 0. The number of likely N-dealkylation sites (N-methyl/N-ethyl adjacent to an activating group) is 1. The molecule has 6 nitrogen and oxygen atoms in total. The molecule has 2 N–H and O–H groups in total. The lowest BCUT2D eigenvalue weighted by molar-refractivity contribution is -0.145. The maximum Gasteiger partial charge on any atom is 0.325 e. The number of fused-ring (bicyclic) bond motifs is 3. The van der Waals surface area contributed by atoms with E-state index in [4.69, 9.17) is 9.47 Å². The van der Waals surface area contributed by atoms with Gasteiger partial charge in [0.05, 0.1) is 14.2 Å². The molecule has 0 unspecified atom stereocenters. The van der Waals surface area contributed by atoms with Crippen LogP contribution in [0.15, 0.2) is 12.1 Å². The third kappa shape index (κ3) is 1.98. The molecule has 2 heterocycles. The fraction of sp³-hybridized carbons (Fsp3) is 0.533. The smallest absolute Gasteiger partial charge is 0.325 e. The summed E-state index contributed by atoms with van der Waals surface area (Å²) in [6.07, 6.45) is 0. The SMILES string of the molecule is COc1cc2c(cc1OC)[C@H]1CN(C)C[C@@]1(C(=O)O)NC2. The Hall–Kier alpha value is -1.79. The summed E-state index contributed by atoms with van der Waals surface area (Å²) in [5, 5.41) is 13.0. The van der Waals surface area contributed by atoms with Crippen LogP contribution in [0.5, 0.6) is 11.5 Å². The normalized spacial score (nSPS) is 27.9. The van der Waals surface area contributed by atoms with Crippen molar-refractivity contribution in [1.29, 1.82) is 0 Å². The molecular formula is C15H20N2O4. The molecule has 0 radical (unpaired) electrons. The molecule has 0 amide bonds. The van der Waals surface area contributed by atoms with Gasteiger partial charge >= 0.3 is 5.97 Å². The van der Waals surface area contributed by atoms with Gasteiger partial charge in [-0.05, 0) is 30.3 Å². The van der Waals surface area contributed by atoms with E-state index in [0.29, 0.717) is 31.1 Å². The highest BCUT2D eigenvalue weighted by molar-refractivity contribution is 5.82. The molecule has 0 aromatic heterocycles. The quantitative estimate of drug-likeness (QED) is 0.853. The molecule has 114 valence electrons. The second-order valence-corrected chi connectivity index (χ2v) is 5.79. The molecule has 2 atom stereocenters. The standard InChI is InChI=1S/C15H20N2O4/c1-17-7-11-10-5-13(21-3)12(20-2)4-9(10)6-16-15(11,8-17)14(18)19/h4-5,11,16H,6-8H2,1-3H3,(H,18,19)/t11-,15-/m1/s1. The van der Waals surface area contributed by atoms with E-state index in [1.165, 1.54) is 0 Å². The topological polar surface area (TPSA) is 71.0 Å². The predicted octanol–water partition coefficient (Wildman–Crippen LogP) is 0.659. The summed E-state index contributed by atoms with van der Waals surface area (Å²) in [6, 6.07) is 3.86. The van der Waals surface area contributed by atoms with Crippen LogP contribution < -0.4 is 14.8 Å². The zero-order valence-corrected chi connectivity index (χ0v) is 12.5. The molecule has 3 rings (SSSR count). The summed E-state index contributed by atoms with van der Waals surface area (Å²) in [5.74, 6) is 0.431.